The third-order valence-electron chi connectivity index (χ3n) is 8.07. The highest BCUT2D eigenvalue weighted by atomic mass is 16.7. The highest BCUT2D eigenvalue weighted by Crippen LogP contribution is 2.42. The molecule has 0 bridgehead atoms. The molecule has 1 amide bonds. The molecule has 2 aliphatic heterocycles. The van der Waals surface area contributed by atoms with E-state index in [2.05, 4.69) is 73.3 Å². The molecule has 2 aromatic heterocycles. The fourth-order valence-electron chi connectivity index (χ4n) is 5.99. The van der Waals surface area contributed by atoms with Crippen LogP contribution < -0.4 is 9.47 Å². The summed E-state index contributed by atoms with van der Waals surface area (Å²) < 4.78 is 13.1. The highest BCUT2D eigenvalue weighted by molar-refractivity contribution is 5.94. The molecule has 40 heavy (non-hydrogen) atoms. The molecule has 2 aliphatic rings. The first-order chi connectivity index (χ1) is 19.4. The Labute approximate surface area is 233 Å². The van der Waals surface area contributed by atoms with E-state index in [0.717, 1.165) is 34.5 Å². The molecule has 0 aliphatic carbocycles. The monoisotopic (exact) mass is 532 g/mol. The quantitative estimate of drug-likeness (QED) is 0.298. The van der Waals surface area contributed by atoms with Crippen LogP contribution >= 0.6 is 0 Å². The van der Waals surface area contributed by atoms with Gasteiger partial charge in [-0.2, -0.15) is 5.10 Å². The summed E-state index contributed by atoms with van der Waals surface area (Å²) in [5.41, 5.74) is 7.36. The molecular formula is C33H32N4O3. The lowest BCUT2D eigenvalue weighted by molar-refractivity contribution is 0.0679. The molecule has 7 heteroatoms. The number of nitrogens with one attached hydrogen (secondary N) is 1. The number of hydrogen-bond donors (Lipinski definition) is 1. The van der Waals surface area contributed by atoms with Gasteiger partial charge in [0, 0.05) is 29.3 Å². The normalized spacial score (nSPS) is 16.4. The van der Waals surface area contributed by atoms with Crippen molar-refractivity contribution in [3.05, 3.63) is 113 Å². The van der Waals surface area contributed by atoms with E-state index in [-0.39, 0.29) is 24.2 Å². The minimum Gasteiger partial charge on any atom is -0.454 e. The van der Waals surface area contributed by atoms with Gasteiger partial charge in [0.2, 0.25) is 6.79 Å². The smallest absolute Gasteiger partial charge is 0.272 e. The maximum atomic E-state index is 14.3. The second kappa shape index (κ2) is 9.30. The molecule has 7 nitrogen and oxygen atoms in total. The highest BCUT2D eigenvalue weighted by Gasteiger charge is 2.36. The fourth-order valence-corrected chi connectivity index (χ4v) is 5.99. The molecule has 0 saturated heterocycles. The maximum Gasteiger partial charge on any atom is 0.272 e. The van der Waals surface area contributed by atoms with Crippen LogP contribution in [0.25, 0.3) is 10.9 Å². The van der Waals surface area contributed by atoms with Crippen LogP contribution in [0.1, 0.15) is 65.2 Å². The Balaban J connectivity index is 1.28. The molecule has 0 spiro atoms. The van der Waals surface area contributed by atoms with Gasteiger partial charge >= 0.3 is 0 Å². The van der Waals surface area contributed by atoms with E-state index >= 15 is 0 Å². The van der Waals surface area contributed by atoms with Crippen molar-refractivity contribution in [2.45, 2.75) is 45.2 Å². The van der Waals surface area contributed by atoms with E-state index in [4.69, 9.17) is 9.47 Å². The first-order valence-corrected chi connectivity index (χ1v) is 13.8. The first-order valence-electron chi connectivity index (χ1n) is 13.8. The number of benzene rings is 3. The lowest BCUT2D eigenvalue weighted by Crippen LogP contribution is -2.41. The standard InChI is InChI=1S/C33H32N4O3/c1-33(2,3)23-8-6-7-21(17-23)19-37-27(13-15-34-37)32(38)36-16-14-25-24-9-4-5-10-26(24)35-30(25)31(36)22-11-12-28-29(18-22)40-20-39-28/h4-13,15,17-18,31,35H,14,16,19-20H2,1-3H3. The summed E-state index contributed by atoms with van der Waals surface area (Å²) in [4.78, 5) is 20.0. The van der Waals surface area contributed by atoms with Gasteiger partial charge in [0.15, 0.2) is 11.5 Å². The molecule has 5 aromatic rings. The van der Waals surface area contributed by atoms with Gasteiger partial charge in [-0.25, -0.2) is 0 Å². The largest absolute Gasteiger partial charge is 0.454 e. The van der Waals surface area contributed by atoms with Crippen molar-refractivity contribution >= 4 is 16.8 Å². The zero-order chi connectivity index (χ0) is 27.4. The van der Waals surface area contributed by atoms with E-state index in [9.17, 15) is 4.79 Å². The van der Waals surface area contributed by atoms with Gasteiger partial charge in [-0.1, -0.05) is 69.3 Å². The Morgan fingerprint density at radius 1 is 1.00 bits per heavy atom. The summed E-state index contributed by atoms with van der Waals surface area (Å²) in [5.74, 6) is 1.39. The summed E-state index contributed by atoms with van der Waals surface area (Å²) in [6.07, 6.45) is 2.49. The first kappa shape index (κ1) is 24.5. The van der Waals surface area contributed by atoms with Crippen LogP contribution in [0.4, 0.5) is 0 Å². The van der Waals surface area contributed by atoms with E-state index in [1.165, 1.54) is 16.5 Å². The Bertz CT molecular complexity index is 1740. The molecule has 202 valence electrons. The van der Waals surface area contributed by atoms with Gasteiger partial charge in [-0.15, -0.1) is 0 Å². The molecule has 1 atom stereocenters. The number of amides is 1. The van der Waals surface area contributed by atoms with Crippen molar-refractivity contribution < 1.29 is 14.3 Å². The number of fused-ring (bicyclic) bond motifs is 4. The Kier molecular flexibility index (Phi) is 5.70. The molecule has 0 saturated carbocycles. The number of carbonyl (C=O) groups excluding carboxylic acids is 1. The van der Waals surface area contributed by atoms with Gasteiger partial charge in [0.25, 0.3) is 5.91 Å². The Hall–Kier alpha value is -4.52. The van der Waals surface area contributed by atoms with Crippen LogP contribution in [0.5, 0.6) is 11.5 Å². The number of nitrogens with zero attached hydrogens (tertiary/aromatic N) is 3. The van der Waals surface area contributed by atoms with E-state index in [1.54, 1.807) is 6.20 Å². The van der Waals surface area contributed by atoms with Crippen molar-refractivity contribution in [3.63, 3.8) is 0 Å². The summed E-state index contributed by atoms with van der Waals surface area (Å²) in [7, 11) is 0. The minimum absolute atomic E-state index is 0.0434. The molecule has 7 rings (SSSR count). The van der Waals surface area contributed by atoms with Gasteiger partial charge in [0.1, 0.15) is 5.69 Å². The third kappa shape index (κ3) is 4.13. The summed E-state index contributed by atoms with van der Waals surface area (Å²) in [5, 5.41) is 5.78. The number of hydrogen-bond acceptors (Lipinski definition) is 4. The topological polar surface area (TPSA) is 72.4 Å². The van der Waals surface area contributed by atoms with E-state index < -0.39 is 0 Å². The molecule has 0 fully saturated rings. The van der Waals surface area contributed by atoms with E-state index in [0.29, 0.717) is 24.5 Å². The summed E-state index contributed by atoms with van der Waals surface area (Å²) in [6.45, 7) is 7.95. The van der Waals surface area contributed by atoms with Gasteiger partial charge in [-0.3, -0.25) is 9.48 Å². The van der Waals surface area contributed by atoms with Gasteiger partial charge in [0.05, 0.1) is 12.6 Å². The number of carbonyl (C=O) groups is 1. The molecule has 0 radical (unpaired) electrons. The SMILES string of the molecule is CC(C)(C)c1cccc(Cn2nccc2C(=O)N2CCc3c([nH]c4ccccc34)C2c2ccc3c(c2)OCO3)c1. The average Bonchev–Trinajstić information content (AvgIpc) is 3.69. The van der Waals surface area contributed by atoms with Crippen LogP contribution in [0.15, 0.2) is 79.0 Å². The van der Waals surface area contributed by atoms with Crippen molar-refractivity contribution in [1.82, 2.24) is 19.7 Å². The molecule has 1 N–H and O–H groups in total. The maximum absolute atomic E-state index is 14.3. The number of aromatic nitrogens is 3. The minimum atomic E-state index is -0.300. The fraction of sp³-hybridized carbons (Fsp3) is 0.273. The van der Waals surface area contributed by atoms with Crippen LogP contribution in [0.2, 0.25) is 0 Å². The molecular weight excluding hydrogens is 500 g/mol. The molecule has 3 aromatic carbocycles. The number of para-hydroxylation sites is 1. The number of rotatable bonds is 4. The zero-order valence-corrected chi connectivity index (χ0v) is 23.0. The van der Waals surface area contributed by atoms with Crippen molar-refractivity contribution in [3.8, 4) is 11.5 Å². The van der Waals surface area contributed by atoms with E-state index in [1.807, 2.05) is 39.9 Å². The van der Waals surface area contributed by atoms with Crippen LogP contribution in [0.3, 0.4) is 0 Å². The van der Waals surface area contributed by atoms with Crippen LogP contribution in [0, 0.1) is 0 Å². The van der Waals surface area contributed by atoms with Crippen molar-refractivity contribution in [1.29, 1.82) is 0 Å². The van der Waals surface area contributed by atoms with Crippen molar-refractivity contribution in [2.24, 2.45) is 0 Å². The Morgan fingerprint density at radius 2 is 1.85 bits per heavy atom. The zero-order valence-electron chi connectivity index (χ0n) is 23.0. The van der Waals surface area contributed by atoms with Crippen LogP contribution in [-0.4, -0.2) is 38.9 Å². The summed E-state index contributed by atoms with van der Waals surface area (Å²) >= 11 is 0. The molecule has 1 unspecified atom stereocenters. The number of aromatic amines is 1. The van der Waals surface area contributed by atoms with Crippen molar-refractivity contribution in [2.75, 3.05) is 13.3 Å². The predicted molar refractivity (Wildman–Crippen MR) is 154 cm³/mol. The van der Waals surface area contributed by atoms with Crippen LogP contribution in [-0.2, 0) is 18.4 Å². The molecule has 4 heterocycles. The number of H-pyrrole nitrogens is 1. The lowest BCUT2D eigenvalue weighted by atomic mass is 9.86. The third-order valence-corrected chi connectivity index (χ3v) is 8.07. The van der Waals surface area contributed by atoms with Gasteiger partial charge in [-0.05, 0) is 58.4 Å². The Morgan fingerprint density at radius 3 is 2.73 bits per heavy atom. The number of ether oxygens (including phenoxy) is 2. The predicted octanol–water partition coefficient (Wildman–Crippen LogP) is 6.23. The second-order valence-corrected chi connectivity index (χ2v) is 11.7. The average molecular weight is 533 g/mol. The van der Waals surface area contributed by atoms with Gasteiger partial charge < -0.3 is 19.4 Å². The summed E-state index contributed by atoms with van der Waals surface area (Å²) in [6, 6.07) is 24.4. The lowest BCUT2D eigenvalue weighted by Gasteiger charge is -2.36. The second-order valence-electron chi connectivity index (χ2n) is 11.7.